The quantitative estimate of drug-likeness (QED) is 0.802. The van der Waals surface area contributed by atoms with Crippen molar-refractivity contribution in [2.75, 3.05) is 22.9 Å². The second-order valence-corrected chi connectivity index (χ2v) is 7.33. The van der Waals surface area contributed by atoms with Crippen molar-refractivity contribution in [2.24, 2.45) is 0 Å². The number of nitrogens with zero attached hydrogens (tertiary/aromatic N) is 1. The summed E-state index contributed by atoms with van der Waals surface area (Å²) in [5.41, 5.74) is 10.2. The first-order valence-electron chi connectivity index (χ1n) is 6.86. The van der Waals surface area contributed by atoms with Crippen molar-refractivity contribution in [1.82, 2.24) is 0 Å². The highest BCUT2D eigenvalue weighted by Gasteiger charge is 2.42. The molecule has 1 saturated heterocycles. The van der Waals surface area contributed by atoms with Crippen molar-refractivity contribution in [3.8, 4) is 0 Å². The molecule has 0 saturated carbocycles. The van der Waals surface area contributed by atoms with Gasteiger partial charge in [-0.15, -0.1) is 11.8 Å². The van der Waals surface area contributed by atoms with Gasteiger partial charge < -0.3 is 10.6 Å². The summed E-state index contributed by atoms with van der Waals surface area (Å²) in [6, 6.07) is 4.10. The molecule has 2 N–H and O–H groups in total. The maximum absolute atomic E-state index is 12.8. The van der Waals surface area contributed by atoms with E-state index in [9.17, 15) is 4.79 Å². The van der Waals surface area contributed by atoms with Gasteiger partial charge in [0.15, 0.2) is 0 Å². The Hall–Kier alpha value is -1.16. The maximum Gasteiger partial charge on any atom is 0.242 e. The average Bonchev–Trinajstić information content (AvgIpc) is 2.97. The van der Waals surface area contributed by atoms with E-state index in [4.69, 9.17) is 5.73 Å². The Morgan fingerprint density at radius 2 is 2.26 bits per heavy atom. The number of carbonyl (C=O) groups excluding carboxylic acids is 1. The number of nitrogens with two attached hydrogens (primary N) is 1. The van der Waals surface area contributed by atoms with Crippen LogP contribution in [0.5, 0.6) is 0 Å². The van der Waals surface area contributed by atoms with Crippen LogP contribution in [0, 0.1) is 6.92 Å². The van der Waals surface area contributed by atoms with Crippen molar-refractivity contribution in [3.63, 3.8) is 0 Å². The second kappa shape index (κ2) is 4.44. The number of nitrogen functional groups attached to an aromatic ring is 1. The first-order valence-corrected chi connectivity index (χ1v) is 7.85. The third kappa shape index (κ3) is 2.02. The van der Waals surface area contributed by atoms with Crippen LogP contribution in [0.2, 0.25) is 0 Å². The van der Waals surface area contributed by atoms with E-state index >= 15 is 0 Å². The highest BCUT2D eigenvalue weighted by molar-refractivity contribution is 8.01. The van der Waals surface area contributed by atoms with Gasteiger partial charge in [0, 0.05) is 17.9 Å². The number of rotatable bonds is 1. The molecule has 0 aliphatic carbocycles. The smallest absolute Gasteiger partial charge is 0.242 e. The number of hydrogen-bond donors (Lipinski definition) is 1. The molecule has 4 heteroatoms. The molecule has 1 aromatic rings. The molecule has 0 aromatic heterocycles. The first-order chi connectivity index (χ1) is 9.01. The van der Waals surface area contributed by atoms with E-state index < -0.39 is 0 Å². The lowest BCUT2D eigenvalue weighted by molar-refractivity contribution is -0.120. The zero-order valence-electron chi connectivity index (χ0n) is 11.5. The average molecular weight is 276 g/mol. The summed E-state index contributed by atoms with van der Waals surface area (Å²) in [6.45, 7) is 4.91. The van der Waals surface area contributed by atoms with E-state index in [1.165, 1.54) is 5.56 Å². The fourth-order valence-electron chi connectivity index (χ4n) is 3.02. The van der Waals surface area contributed by atoms with E-state index in [2.05, 4.69) is 13.0 Å². The Labute approximate surface area is 118 Å². The molecule has 2 aliphatic rings. The van der Waals surface area contributed by atoms with Crippen LogP contribution in [0.1, 0.15) is 30.9 Å². The molecule has 1 unspecified atom stereocenters. The van der Waals surface area contributed by atoms with Gasteiger partial charge in [-0.1, -0.05) is 6.07 Å². The van der Waals surface area contributed by atoms with Gasteiger partial charge in [-0.25, -0.2) is 0 Å². The number of thioether (sulfide) groups is 1. The van der Waals surface area contributed by atoms with Crippen molar-refractivity contribution in [2.45, 2.75) is 37.9 Å². The fourth-order valence-corrected chi connectivity index (χ4v) is 4.28. The Morgan fingerprint density at radius 3 is 2.95 bits per heavy atom. The lowest BCUT2D eigenvalue weighted by atomic mass is 10.0. The van der Waals surface area contributed by atoms with E-state index in [1.807, 2.05) is 17.9 Å². The topological polar surface area (TPSA) is 46.3 Å². The minimum Gasteiger partial charge on any atom is -0.398 e. The monoisotopic (exact) mass is 276 g/mol. The van der Waals surface area contributed by atoms with Crippen LogP contribution < -0.4 is 10.6 Å². The van der Waals surface area contributed by atoms with Crippen molar-refractivity contribution >= 4 is 29.0 Å². The Morgan fingerprint density at radius 1 is 1.47 bits per heavy atom. The largest absolute Gasteiger partial charge is 0.398 e. The number of benzene rings is 1. The van der Waals surface area contributed by atoms with Crippen LogP contribution in [0.25, 0.3) is 0 Å². The van der Waals surface area contributed by atoms with E-state index in [0.717, 1.165) is 48.5 Å². The van der Waals surface area contributed by atoms with Crippen molar-refractivity contribution < 1.29 is 4.79 Å². The molecule has 2 aliphatic heterocycles. The fraction of sp³-hybridized carbons (Fsp3) is 0.533. The maximum atomic E-state index is 12.8. The van der Waals surface area contributed by atoms with Gasteiger partial charge >= 0.3 is 0 Å². The van der Waals surface area contributed by atoms with Crippen LogP contribution >= 0.6 is 11.8 Å². The summed E-state index contributed by atoms with van der Waals surface area (Å²) < 4.78 is -0.235. The van der Waals surface area contributed by atoms with Gasteiger partial charge in [0.25, 0.3) is 0 Å². The molecular weight excluding hydrogens is 256 g/mol. The number of carbonyl (C=O) groups is 1. The number of aryl methyl sites for hydroxylation is 1. The Bertz CT molecular complexity index is 535. The van der Waals surface area contributed by atoms with Gasteiger partial charge in [-0.3, -0.25) is 4.79 Å². The molecule has 2 heterocycles. The van der Waals surface area contributed by atoms with E-state index in [1.54, 1.807) is 11.8 Å². The molecule has 1 amide bonds. The van der Waals surface area contributed by atoms with Gasteiger partial charge in [-0.2, -0.15) is 0 Å². The van der Waals surface area contributed by atoms with E-state index in [0.29, 0.717) is 0 Å². The Balaban J connectivity index is 1.94. The highest BCUT2D eigenvalue weighted by Crippen LogP contribution is 2.42. The number of amides is 1. The van der Waals surface area contributed by atoms with Gasteiger partial charge in [0.1, 0.15) is 0 Å². The third-order valence-electron chi connectivity index (χ3n) is 4.28. The van der Waals surface area contributed by atoms with Gasteiger partial charge in [-0.05, 0) is 56.1 Å². The van der Waals surface area contributed by atoms with Crippen LogP contribution in [-0.4, -0.2) is 23.0 Å². The van der Waals surface area contributed by atoms with Crippen LogP contribution in [0.4, 0.5) is 11.4 Å². The normalized spacial score (nSPS) is 25.7. The number of hydrogen-bond acceptors (Lipinski definition) is 3. The number of anilines is 2. The molecule has 1 atom stereocenters. The standard InChI is InChI=1S/C15H20N2OS/c1-10-8-11-4-6-17(13(11)9-12(10)16)14(18)15(2)5-3-7-19-15/h8-9H,3-7,16H2,1-2H3. The Kier molecular flexibility index (Phi) is 3.01. The highest BCUT2D eigenvalue weighted by atomic mass is 32.2. The third-order valence-corrected chi connectivity index (χ3v) is 5.79. The molecule has 1 fully saturated rings. The lowest BCUT2D eigenvalue weighted by Crippen LogP contribution is -2.43. The van der Waals surface area contributed by atoms with Crippen molar-refractivity contribution in [1.29, 1.82) is 0 Å². The molecule has 3 nitrogen and oxygen atoms in total. The minimum absolute atomic E-state index is 0.235. The van der Waals surface area contributed by atoms with Gasteiger partial charge in [0.05, 0.1) is 4.75 Å². The second-order valence-electron chi connectivity index (χ2n) is 5.73. The summed E-state index contributed by atoms with van der Waals surface area (Å²) in [6.07, 6.45) is 3.08. The lowest BCUT2D eigenvalue weighted by Gasteiger charge is -2.28. The predicted octanol–water partition coefficient (Wildman–Crippen LogP) is 2.75. The zero-order valence-corrected chi connectivity index (χ0v) is 12.3. The SMILES string of the molecule is Cc1cc2c(cc1N)N(C(=O)C1(C)CCCS1)CC2. The molecule has 1 aromatic carbocycles. The molecular formula is C15H20N2OS. The molecule has 3 rings (SSSR count). The zero-order chi connectivity index (χ0) is 13.6. The van der Waals surface area contributed by atoms with Gasteiger partial charge in [0.2, 0.25) is 5.91 Å². The molecule has 0 radical (unpaired) electrons. The van der Waals surface area contributed by atoms with Crippen LogP contribution in [-0.2, 0) is 11.2 Å². The summed E-state index contributed by atoms with van der Waals surface area (Å²) in [7, 11) is 0. The molecule has 0 spiro atoms. The predicted molar refractivity (Wildman–Crippen MR) is 81.7 cm³/mol. The summed E-state index contributed by atoms with van der Waals surface area (Å²) in [4.78, 5) is 14.7. The number of fused-ring (bicyclic) bond motifs is 1. The summed E-state index contributed by atoms with van der Waals surface area (Å²) in [5.74, 6) is 1.36. The van der Waals surface area contributed by atoms with Crippen LogP contribution in [0.15, 0.2) is 12.1 Å². The first kappa shape index (κ1) is 12.9. The van der Waals surface area contributed by atoms with E-state index in [-0.39, 0.29) is 10.7 Å². The minimum atomic E-state index is -0.235. The van der Waals surface area contributed by atoms with Crippen LogP contribution in [0.3, 0.4) is 0 Å². The molecule has 102 valence electrons. The summed E-state index contributed by atoms with van der Waals surface area (Å²) in [5, 5.41) is 0. The molecule has 19 heavy (non-hydrogen) atoms. The summed E-state index contributed by atoms with van der Waals surface area (Å²) >= 11 is 1.80. The van der Waals surface area contributed by atoms with Crippen molar-refractivity contribution in [3.05, 3.63) is 23.3 Å². The molecule has 0 bridgehead atoms.